The molecule has 2 amide bonds. The van der Waals surface area contributed by atoms with Crippen LogP contribution in [0.3, 0.4) is 0 Å². The summed E-state index contributed by atoms with van der Waals surface area (Å²) in [5.74, 6) is -1.27. The van der Waals surface area contributed by atoms with Gasteiger partial charge in [0, 0.05) is 29.0 Å². The molecule has 0 spiro atoms. The van der Waals surface area contributed by atoms with E-state index in [4.69, 9.17) is 10.7 Å². The van der Waals surface area contributed by atoms with Crippen LogP contribution in [0.1, 0.15) is 37.0 Å². The van der Waals surface area contributed by atoms with Crippen molar-refractivity contribution in [2.45, 2.75) is 37.1 Å². The van der Waals surface area contributed by atoms with Gasteiger partial charge in [-0.1, -0.05) is 39.2 Å². The molecule has 0 aliphatic heterocycles. The summed E-state index contributed by atoms with van der Waals surface area (Å²) >= 11 is 0. The van der Waals surface area contributed by atoms with Crippen molar-refractivity contribution in [3.05, 3.63) is 96.4 Å². The highest BCUT2D eigenvalue weighted by atomic mass is 35.7. The van der Waals surface area contributed by atoms with Crippen molar-refractivity contribution in [2.24, 2.45) is 0 Å². The summed E-state index contributed by atoms with van der Waals surface area (Å²) < 4.78 is 13.2. The van der Waals surface area contributed by atoms with Crippen LogP contribution in [0.4, 0.5) is 10.1 Å². The zero-order valence-corrected chi connectivity index (χ0v) is 19.7. The summed E-state index contributed by atoms with van der Waals surface area (Å²) in [4.78, 5) is 27.0. The number of benzene rings is 2. The van der Waals surface area contributed by atoms with Gasteiger partial charge in [-0.25, -0.2) is 4.39 Å². The molecule has 4 nitrogen and oxygen atoms in total. The minimum Gasteiger partial charge on any atom is -0.337 e. The Morgan fingerprint density at radius 3 is 2.00 bits per heavy atom. The molecule has 0 saturated heterocycles. The molecule has 168 valence electrons. The van der Waals surface area contributed by atoms with E-state index in [0.717, 1.165) is 27.0 Å². The van der Waals surface area contributed by atoms with E-state index in [2.05, 4.69) is 23.8 Å². The first-order chi connectivity index (χ1) is 15.4. The molecule has 1 aliphatic carbocycles. The molecule has 3 rings (SSSR count). The van der Waals surface area contributed by atoms with Crippen LogP contribution in [0, 0.1) is 5.82 Å². The van der Waals surface area contributed by atoms with Crippen molar-refractivity contribution in [1.29, 1.82) is 0 Å². The number of allylic oxidation sites excluding steroid dienone is 2. The highest BCUT2D eigenvalue weighted by Crippen LogP contribution is 2.37. The smallest absolute Gasteiger partial charge is 0.252 e. The first-order valence-electron chi connectivity index (χ1n) is 10.2. The Kier molecular flexibility index (Phi) is 9.29. The summed E-state index contributed by atoms with van der Waals surface area (Å²) in [6.07, 6.45) is 3.88. The molecule has 0 fully saturated rings. The number of amides is 2. The molecule has 2 N–H and O–H groups in total. The average Bonchev–Trinajstić information content (AvgIpc) is 3.20. The number of anilines is 1. The van der Waals surface area contributed by atoms with E-state index in [1.807, 2.05) is 13.8 Å². The topological polar surface area (TPSA) is 58.2 Å². The van der Waals surface area contributed by atoms with Gasteiger partial charge in [-0.05, 0) is 81.3 Å². The summed E-state index contributed by atoms with van der Waals surface area (Å²) in [7, 11) is 6.82. The molecule has 1 aliphatic rings. The van der Waals surface area contributed by atoms with E-state index in [1.165, 1.54) is 24.3 Å². The highest BCUT2D eigenvalue weighted by Gasteiger charge is 2.45. The molecule has 0 bridgehead atoms. The van der Waals surface area contributed by atoms with Crippen molar-refractivity contribution in [2.75, 3.05) is 5.32 Å². The van der Waals surface area contributed by atoms with Gasteiger partial charge in [0.1, 0.15) is 11.4 Å². The standard InChI is InChI=1S/C23H20ClFN2O2S.C2H6/c1-3-15-13-23(14-16(15)4-2,27-21(28)17-5-7-18(25)8-6-17)22(29)26-19-9-11-20(30-24)12-10-19;1-2/h3-12H,1-2,13-14H2,(H,26,29)(H,27,28);1-2H3. The molecule has 32 heavy (non-hydrogen) atoms. The number of rotatable bonds is 7. The highest BCUT2D eigenvalue weighted by molar-refractivity contribution is 8.21. The van der Waals surface area contributed by atoms with E-state index >= 15 is 0 Å². The predicted molar refractivity (Wildman–Crippen MR) is 131 cm³/mol. The van der Waals surface area contributed by atoms with Gasteiger partial charge >= 0.3 is 0 Å². The van der Waals surface area contributed by atoms with Gasteiger partial charge in [0.25, 0.3) is 11.8 Å². The molecule has 0 radical (unpaired) electrons. The Bertz CT molecular complexity index is 997. The SMILES string of the molecule is C=CC1=C(C=C)CC(NC(=O)c2ccc(F)cc2)(C(=O)Nc2ccc(SCl)cc2)C1.CC. The molecule has 2 aromatic carbocycles. The lowest BCUT2D eigenvalue weighted by Crippen LogP contribution is -2.55. The van der Waals surface area contributed by atoms with Crippen LogP contribution in [-0.2, 0) is 4.79 Å². The number of hydrogen-bond acceptors (Lipinski definition) is 3. The van der Waals surface area contributed by atoms with Gasteiger partial charge in [-0.2, -0.15) is 0 Å². The number of carbonyl (C=O) groups is 2. The Morgan fingerprint density at radius 2 is 1.53 bits per heavy atom. The van der Waals surface area contributed by atoms with E-state index in [1.54, 1.807) is 36.4 Å². The number of nitrogens with one attached hydrogen (secondary N) is 2. The monoisotopic (exact) mass is 472 g/mol. The second-order valence-corrected chi connectivity index (χ2v) is 8.00. The Labute approximate surface area is 197 Å². The summed E-state index contributed by atoms with van der Waals surface area (Å²) in [6.45, 7) is 11.6. The fraction of sp³-hybridized carbons (Fsp3) is 0.200. The van der Waals surface area contributed by atoms with Crippen LogP contribution >= 0.6 is 21.7 Å². The molecule has 2 aromatic rings. The largest absolute Gasteiger partial charge is 0.337 e. The van der Waals surface area contributed by atoms with Crippen LogP contribution in [0.5, 0.6) is 0 Å². The quantitative estimate of drug-likeness (QED) is 0.473. The lowest BCUT2D eigenvalue weighted by Gasteiger charge is -2.30. The summed E-state index contributed by atoms with van der Waals surface area (Å²) in [5, 5.41) is 5.73. The second kappa shape index (κ2) is 11.7. The number of halogens is 2. The molecule has 0 saturated carbocycles. The van der Waals surface area contributed by atoms with Gasteiger partial charge in [0.2, 0.25) is 0 Å². The molecular weight excluding hydrogens is 447 g/mol. The molecular formula is C25H26ClFN2O2S. The fourth-order valence-corrected chi connectivity index (χ4v) is 3.93. The van der Waals surface area contributed by atoms with Crippen LogP contribution in [0.15, 0.2) is 89.9 Å². The predicted octanol–water partition coefficient (Wildman–Crippen LogP) is 6.67. The van der Waals surface area contributed by atoms with Crippen molar-refractivity contribution < 1.29 is 14.0 Å². The van der Waals surface area contributed by atoms with Crippen molar-refractivity contribution in [1.82, 2.24) is 5.32 Å². The molecule has 0 aromatic heterocycles. The average molecular weight is 473 g/mol. The minimum absolute atomic E-state index is 0.263. The summed E-state index contributed by atoms with van der Waals surface area (Å²) in [5.41, 5.74) is 1.30. The first kappa shape index (κ1) is 25.4. The number of carbonyl (C=O) groups excluding carboxylic acids is 2. The molecule has 0 heterocycles. The zero-order valence-electron chi connectivity index (χ0n) is 18.1. The van der Waals surface area contributed by atoms with Gasteiger partial charge in [0.05, 0.1) is 0 Å². The van der Waals surface area contributed by atoms with Gasteiger partial charge in [0.15, 0.2) is 0 Å². The molecule has 0 atom stereocenters. The first-order valence-corrected chi connectivity index (χ1v) is 11.8. The Morgan fingerprint density at radius 1 is 1.00 bits per heavy atom. The number of hydrogen-bond donors (Lipinski definition) is 2. The summed E-state index contributed by atoms with van der Waals surface area (Å²) in [6, 6.07) is 12.2. The third-order valence-electron chi connectivity index (χ3n) is 4.98. The van der Waals surface area contributed by atoms with Crippen LogP contribution in [0.25, 0.3) is 0 Å². The van der Waals surface area contributed by atoms with Crippen LogP contribution < -0.4 is 10.6 Å². The van der Waals surface area contributed by atoms with Crippen molar-refractivity contribution >= 4 is 39.2 Å². The third kappa shape index (κ3) is 5.90. The Balaban J connectivity index is 0.00000176. The minimum atomic E-state index is -1.22. The van der Waals surface area contributed by atoms with Gasteiger partial charge in [-0.15, -0.1) is 0 Å². The van der Waals surface area contributed by atoms with E-state index in [-0.39, 0.29) is 24.3 Å². The van der Waals surface area contributed by atoms with E-state index < -0.39 is 17.3 Å². The lowest BCUT2D eigenvalue weighted by atomic mass is 9.92. The molecule has 0 unspecified atom stereocenters. The van der Waals surface area contributed by atoms with Crippen LogP contribution in [0.2, 0.25) is 0 Å². The lowest BCUT2D eigenvalue weighted by molar-refractivity contribution is -0.121. The van der Waals surface area contributed by atoms with E-state index in [9.17, 15) is 14.0 Å². The third-order valence-corrected chi connectivity index (χ3v) is 5.97. The maximum Gasteiger partial charge on any atom is 0.252 e. The van der Waals surface area contributed by atoms with Crippen molar-refractivity contribution in [3.8, 4) is 0 Å². The van der Waals surface area contributed by atoms with Crippen LogP contribution in [-0.4, -0.2) is 17.4 Å². The fourth-order valence-electron chi connectivity index (χ4n) is 3.38. The Hall–Kier alpha value is -2.83. The van der Waals surface area contributed by atoms with Crippen molar-refractivity contribution in [3.63, 3.8) is 0 Å². The second-order valence-electron chi connectivity index (χ2n) is 6.91. The van der Waals surface area contributed by atoms with E-state index in [0.29, 0.717) is 5.69 Å². The zero-order chi connectivity index (χ0) is 23.7. The molecule has 7 heteroatoms. The maximum absolute atomic E-state index is 13.3. The normalized spacial score (nSPS) is 14.1. The van der Waals surface area contributed by atoms with Gasteiger partial charge in [-0.3, -0.25) is 9.59 Å². The maximum atomic E-state index is 13.3. The van der Waals surface area contributed by atoms with Gasteiger partial charge < -0.3 is 10.6 Å².